The van der Waals surface area contributed by atoms with Crippen molar-refractivity contribution in [1.29, 1.82) is 0 Å². The Balaban J connectivity index is 1.57. The third-order valence-electron chi connectivity index (χ3n) is 5.55. The van der Waals surface area contributed by atoms with E-state index in [-0.39, 0.29) is 24.1 Å². The first-order valence-corrected chi connectivity index (χ1v) is 10.6. The maximum absolute atomic E-state index is 13.3. The SMILES string of the molecule is Cc1nnc(CN2C(=O)c3ccccc3C2=O)n1-c1ccc(Cl)cc1C(=O)c1ccccc1. The first kappa shape index (κ1) is 20.8. The van der Waals surface area contributed by atoms with Crippen LogP contribution in [0.5, 0.6) is 0 Å². The Kier molecular flexibility index (Phi) is 5.11. The third-order valence-corrected chi connectivity index (χ3v) is 5.78. The highest BCUT2D eigenvalue weighted by Gasteiger charge is 2.36. The van der Waals surface area contributed by atoms with Gasteiger partial charge in [0.05, 0.1) is 23.4 Å². The molecule has 1 aliphatic rings. The lowest BCUT2D eigenvalue weighted by Gasteiger charge is -2.17. The molecular weight excluding hydrogens is 440 g/mol. The van der Waals surface area contributed by atoms with Crippen molar-refractivity contribution in [3.63, 3.8) is 0 Å². The molecule has 1 aliphatic heterocycles. The van der Waals surface area contributed by atoms with Gasteiger partial charge in [0, 0.05) is 16.1 Å². The van der Waals surface area contributed by atoms with Crippen LogP contribution in [0.3, 0.4) is 0 Å². The van der Waals surface area contributed by atoms with Gasteiger partial charge in [-0.2, -0.15) is 0 Å². The smallest absolute Gasteiger partial charge is 0.261 e. The Morgan fingerprint density at radius 1 is 0.879 bits per heavy atom. The number of fused-ring (bicyclic) bond motifs is 1. The van der Waals surface area contributed by atoms with Crippen molar-refractivity contribution in [2.75, 3.05) is 0 Å². The van der Waals surface area contributed by atoms with Gasteiger partial charge in [-0.05, 0) is 37.3 Å². The molecule has 0 saturated heterocycles. The molecule has 8 heteroatoms. The van der Waals surface area contributed by atoms with Crippen LogP contribution in [0.2, 0.25) is 5.02 Å². The number of halogens is 1. The highest BCUT2D eigenvalue weighted by atomic mass is 35.5. The van der Waals surface area contributed by atoms with E-state index in [0.29, 0.717) is 44.6 Å². The number of rotatable bonds is 5. The Labute approximate surface area is 194 Å². The van der Waals surface area contributed by atoms with Crippen molar-refractivity contribution in [2.45, 2.75) is 13.5 Å². The van der Waals surface area contributed by atoms with Crippen LogP contribution in [0.25, 0.3) is 5.69 Å². The first-order chi connectivity index (χ1) is 16.0. The van der Waals surface area contributed by atoms with Crippen LogP contribution < -0.4 is 0 Å². The lowest BCUT2D eigenvalue weighted by atomic mass is 10.0. The van der Waals surface area contributed by atoms with Gasteiger partial charge in [0.1, 0.15) is 5.82 Å². The number of aromatic nitrogens is 3. The van der Waals surface area contributed by atoms with Crippen molar-refractivity contribution >= 4 is 29.2 Å². The van der Waals surface area contributed by atoms with E-state index >= 15 is 0 Å². The Bertz CT molecular complexity index is 1390. The van der Waals surface area contributed by atoms with Gasteiger partial charge in [0.15, 0.2) is 11.6 Å². The Hall–Kier alpha value is -4.10. The van der Waals surface area contributed by atoms with Gasteiger partial charge in [0.2, 0.25) is 0 Å². The summed E-state index contributed by atoms with van der Waals surface area (Å²) in [7, 11) is 0. The predicted octanol–water partition coefficient (Wildman–Crippen LogP) is 4.26. The molecule has 0 fully saturated rings. The fourth-order valence-electron chi connectivity index (χ4n) is 3.98. The predicted molar refractivity (Wildman–Crippen MR) is 122 cm³/mol. The molecule has 0 aliphatic carbocycles. The van der Waals surface area contributed by atoms with E-state index in [1.807, 2.05) is 6.07 Å². The van der Waals surface area contributed by atoms with Crippen LogP contribution in [0, 0.1) is 6.92 Å². The average Bonchev–Trinajstić information content (AvgIpc) is 3.32. The topological polar surface area (TPSA) is 85.2 Å². The molecule has 0 spiro atoms. The lowest BCUT2D eigenvalue weighted by Crippen LogP contribution is -2.30. The van der Waals surface area contributed by atoms with Gasteiger partial charge in [-0.25, -0.2) is 0 Å². The summed E-state index contributed by atoms with van der Waals surface area (Å²) in [6, 6.07) is 20.5. The van der Waals surface area contributed by atoms with E-state index in [2.05, 4.69) is 10.2 Å². The number of carbonyl (C=O) groups is 3. The zero-order chi connectivity index (χ0) is 23.1. The molecule has 2 amide bonds. The van der Waals surface area contributed by atoms with Gasteiger partial charge >= 0.3 is 0 Å². The second-order valence-electron chi connectivity index (χ2n) is 7.60. The summed E-state index contributed by atoms with van der Waals surface area (Å²) in [6.07, 6.45) is 0. The molecular formula is C25H17ClN4O3. The fourth-order valence-corrected chi connectivity index (χ4v) is 4.15. The highest BCUT2D eigenvalue weighted by Crippen LogP contribution is 2.28. The summed E-state index contributed by atoms with van der Waals surface area (Å²) in [4.78, 5) is 40.1. The summed E-state index contributed by atoms with van der Waals surface area (Å²) >= 11 is 6.23. The quantitative estimate of drug-likeness (QED) is 0.331. The molecule has 0 bridgehead atoms. The van der Waals surface area contributed by atoms with E-state index in [9.17, 15) is 14.4 Å². The van der Waals surface area contributed by atoms with Crippen molar-refractivity contribution in [3.8, 4) is 5.69 Å². The minimum absolute atomic E-state index is 0.0885. The molecule has 5 rings (SSSR count). The summed E-state index contributed by atoms with van der Waals surface area (Å²) in [5, 5.41) is 8.76. The van der Waals surface area contributed by atoms with Gasteiger partial charge in [-0.1, -0.05) is 54.1 Å². The third kappa shape index (κ3) is 3.52. The number of nitrogens with zero attached hydrogens (tertiary/aromatic N) is 4. The maximum Gasteiger partial charge on any atom is 0.261 e. The largest absolute Gasteiger partial charge is 0.289 e. The van der Waals surface area contributed by atoms with Crippen LogP contribution in [0.4, 0.5) is 0 Å². The molecule has 4 aromatic rings. The monoisotopic (exact) mass is 456 g/mol. The van der Waals surface area contributed by atoms with E-state index < -0.39 is 0 Å². The standard InChI is InChI=1S/C25H17ClN4O3/c1-15-27-28-22(14-29-24(32)18-9-5-6-10-19(18)25(29)33)30(15)21-12-11-17(26)13-20(21)23(31)16-7-3-2-4-8-16/h2-13H,14H2,1H3. The van der Waals surface area contributed by atoms with Crippen molar-refractivity contribution in [2.24, 2.45) is 0 Å². The molecule has 2 heterocycles. The molecule has 0 atom stereocenters. The van der Waals surface area contributed by atoms with E-state index in [0.717, 1.165) is 4.90 Å². The molecule has 33 heavy (non-hydrogen) atoms. The zero-order valence-electron chi connectivity index (χ0n) is 17.5. The van der Waals surface area contributed by atoms with Gasteiger partial charge in [0.25, 0.3) is 11.8 Å². The normalized spacial score (nSPS) is 12.8. The number of aryl methyl sites for hydroxylation is 1. The first-order valence-electron chi connectivity index (χ1n) is 10.2. The van der Waals surface area contributed by atoms with Crippen molar-refractivity contribution in [1.82, 2.24) is 19.7 Å². The number of hydrogen-bond donors (Lipinski definition) is 0. The van der Waals surface area contributed by atoms with Crippen LogP contribution in [0.1, 0.15) is 48.3 Å². The summed E-state index contributed by atoms with van der Waals surface area (Å²) in [5.74, 6) is -0.135. The minimum Gasteiger partial charge on any atom is -0.289 e. The number of carbonyl (C=O) groups excluding carboxylic acids is 3. The molecule has 0 N–H and O–H groups in total. The summed E-state index contributed by atoms with van der Waals surface area (Å²) < 4.78 is 1.68. The molecule has 0 radical (unpaired) electrons. The second kappa shape index (κ2) is 8.11. The van der Waals surface area contributed by atoms with E-state index in [4.69, 9.17) is 11.6 Å². The number of imide groups is 1. The highest BCUT2D eigenvalue weighted by molar-refractivity contribution is 6.31. The second-order valence-corrected chi connectivity index (χ2v) is 8.03. The number of ketones is 1. The zero-order valence-corrected chi connectivity index (χ0v) is 18.3. The molecule has 7 nitrogen and oxygen atoms in total. The average molecular weight is 457 g/mol. The van der Waals surface area contributed by atoms with Crippen LogP contribution in [0.15, 0.2) is 72.8 Å². The van der Waals surface area contributed by atoms with Crippen molar-refractivity contribution in [3.05, 3.63) is 112 Å². The summed E-state index contributed by atoms with van der Waals surface area (Å²) in [5.41, 5.74) is 2.10. The van der Waals surface area contributed by atoms with Gasteiger partial charge in [-0.3, -0.25) is 23.9 Å². The fraction of sp³-hybridized carbons (Fsp3) is 0.0800. The maximum atomic E-state index is 13.3. The number of amides is 2. The van der Waals surface area contributed by atoms with Gasteiger partial charge < -0.3 is 0 Å². The van der Waals surface area contributed by atoms with Gasteiger partial charge in [-0.15, -0.1) is 10.2 Å². The van der Waals surface area contributed by atoms with Crippen LogP contribution >= 0.6 is 11.6 Å². The van der Waals surface area contributed by atoms with E-state index in [1.54, 1.807) is 78.2 Å². The molecule has 1 aromatic heterocycles. The van der Waals surface area contributed by atoms with Crippen molar-refractivity contribution < 1.29 is 14.4 Å². The molecule has 0 unspecified atom stereocenters. The van der Waals surface area contributed by atoms with E-state index in [1.165, 1.54) is 0 Å². The molecule has 3 aromatic carbocycles. The lowest BCUT2D eigenvalue weighted by molar-refractivity contribution is 0.0637. The summed E-state index contributed by atoms with van der Waals surface area (Å²) in [6.45, 7) is 1.65. The number of hydrogen-bond acceptors (Lipinski definition) is 5. The minimum atomic E-state index is -0.389. The molecule has 0 saturated carbocycles. The van der Waals surface area contributed by atoms with Crippen LogP contribution in [-0.4, -0.2) is 37.3 Å². The number of benzene rings is 3. The Morgan fingerprint density at radius 3 is 2.18 bits per heavy atom. The molecule has 162 valence electrons. The Morgan fingerprint density at radius 2 is 1.52 bits per heavy atom. The van der Waals surface area contributed by atoms with Crippen LogP contribution in [-0.2, 0) is 6.54 Å².